The van der Waals surface area contributed by atoms with Crippen LogP contribution in [-0.4, -0.2) is 57.3 Å². The van der Waals surface area contributed by atoms with Gasteiger partial charge in [-0.2, -0.15) is 0 Å². The number of methoxy groups -OCH3 is 1. The van der Waals surface area contributed by atoms with Gasteiger partial charge in [-0.25, -0.2) is 0 Å². The van der Waals surface area contributed by atoms with Crippen molar-refractivity contribution in [1.82, 2.24) is 4.90 Å². The molecule has 0 aliphatic carbocycles. The van der Waals surface area contributed by atoms with Gasteiger partial charge in [-0.15, -0.1) is 0 Å². The zero-order chi connectivity index (χ0) is 19.1. The molecule has 0 aromatic heterocycles. The van der Waals surface area contributed by atoms with Gasteiger partial charge < -0.3 is 24.0 Å². The molecular formula is C21H26N2O4. The van der Waals surface area contributed by atoms with Gasteiger partial charge in [0.1, 0.15) is 17.2 Å². The second kappa shape index (κ2) is 9.16. The van der Waals surface area contributed by atoms with Crippen LogP contribution in [-0.2, 0) is 4.79 Å². The summed E-state index contributed by atoms with van der Waals surface area (Å²) in [6.07, 6.45) is 0. The summed E-state index contributed by atoms with van der Waals surface area (Å²) in [4.78, 5) is 16.6. The second-order valence-corrected chi connectivity index (χ2v) is 6.26. The molecule has 1 aliphatic heterocycles. The first kappa shape index (κ1) is 18.9. The van der Waals surface area contributed by atoms with E-state index in [1.165, 1.54) is 0 Å². The Balaban J connectivity index is 1.47. The third-order valence-electron chi connectivity index (χ3n) is 4.55. The largest absolute Gasteiger partial charge is 0.497 e. The van der Waals surface area contributed by atoms with E-state index in [9.17, 15) is 4.79 Å². The zero-order valence-corrected chi connectivity index (χ0v) is 15.9. The molecule has 0 bridgehead atoms. The molecule has 1 aliphatic rings. The lowest BCUT2D eigenvalue weighted by molar-refractivity contribution is -0.133. The molecule has 0 N–H and O–H groups in total. The highest BCUT2D eigenvalue weighted by atomic mass is 16.5. The minimum absolute atomic E-state index is 0.00574. The molecule has 6 nitrogen and oxygen atoms in total. The summed E-state index contributed by atoms with van der Waals surface area (Å²) in [5.41, 5.74) is 1.15. The van der Waals surface area contributed by atoms with Crippen LogP contribution in [0.4, 0.5) is 5.69 Å². The lowest BCUT2D eigenvalue weighted by atomic mass is 10.2. The molecule has 0 spiro atoms. The van der Waals surface area contributed by atoms with E-state index in [0.29, 0.717) is 25.4 Å². The highest BCUT2D eigenvalue weighted by Crippen LogP contribution is 2.21. The fraction of sp³-hybridized carbons (Fsp3) is 0.381. The van der Waals surface area contributed by atoms with Gasteiger partial charge in [0, 0.05) is 37.9 Å². The summed E-state index contributed by atoms with van der Waals surface area (Å²) in [7, 11) is 1.66. The lowest BCUT2D eigenvalue weighted by Gasteiger charge is -2.36. The molecule has 1 heterocycles. The molecule has 0 saturated carbocycles. The smallest absolute Gasteiger partial charge is 0.260 e. The number of carbonyl (C=O) groups excluding carboxylic acids is 1. The summed E-state index contributed by atoms with van der Waals surface area (Å²) < 4.78 is 16.3. The van der Waals surface area contributed by atoms with Crippen LogP contribution in [0.15, 0.2) is 48.5 Å². The van der Waals surface area contributed by atoms with Crippen molar-refractivity contribution in [3.8, 4) is 17.2 Å². The molecule has 0 atom stereocenters. The van der Waals surface area contributed by atoms with Crippen molar-refractivity contribution in [3.05, 3.63) is 48.5 Å². The molecule has 1 amide bonds. The minimum atomic E-state index is 0.00574. The molecule has 27 heavy (non-hydrogen) atoms. The number of piperazine rings is 1. The van der Waals surface area contributed by atoms with Crippen LogP contribution in [0, 0.1) is 0 Å². The molecule has 0 unspecified atom stereocenters. The van der Waals surface area contributed by atoms with Crippen LogP contribution in [0.5, 0.6) is 17.2 Å². The van der Waals surface area contributed by atoms with Crippen LogP contribution in [0.1, 0.15) is 6.92 Å². The predicted octanol–water partition coefficient (Wildman–Crippen LogP) is 2.82. The quantitative estimate of drug-likeness (QED) is 0.750. The molecule has 2 aromatic carbocycles. The molecule has 0 radical (unpaired) electrons. The van der Waals surface area contributed by atoms with E-state index >= 15 is 0 Å². The molecule has 6 heteroatoms. The standard InChI is InChI=1S/C21H26N2O4/c1-3-26-19-5-4-6-20(15-19)27-16-21(24)23-13-11-22(12-14-23)17-7-9-18(25-2)10-8-17/h4-10,15H,3,11-14,16H2,1-2H3. The molecule has 1 fully saturated rings. The van der Waals surface area contributed by atoms with Crippen LogP contribution in [0.2, 0.25) is 0 Å². The number of amides is 1. The maximum absolute atomic E-state index is 12.4. The molecule has 1 saturated heterocycles. The average molecular weight is 370 g/mol. The minimum Gasteiger partial charge on any atom is -0.497 e. The Morgan fingerprint density at radius 3 is 2.22 bits per heavy atom. The first-order chi connectivity index (χ1) is 13.2. The number of rotatable bonds is 7. The number of anilines is 1. The number of hydrogen-bond donors (Lipinski definition) is 0. The average Bonchev–Trinajstić information content (AvgIpc) is 2.73. The Hall–Kier alpha value is -2.89. The Kier molecular flexibility index (Phi) is 6.41. The van der Waals surface area contributed by atoms with Gasteiger partial charge in [-0.3, -0.25) is 4.79 Å². The van der Waals surface area contributed by atoms with Gasteiger partial charge in [0.2, 0.25) is 0 Å². The third-order valence-corrected chi connectivity index (χ3v) is 4.55. The van der Waals surface area contributed by atoms with E-state index in [4.69, 9.17) is 14.2 Å². The number of ether oxygens (including phenoxy) is 3. The first-order valence-electron chi connectivity index (χ1n) is 9.22. The monoisotopic (exact) mass is 370 g/mol. The summed E-state index contributed by atoms with van der Waals surface area (Å²) in [6, 6.07) is 15.4. The van der Waals surface area contributed by atoms with Crippen molar-refractivity contribution in [2.75, 3.05) is 51.4 Å². The fourth-order valence-electron chi connectivity index (χ4n) is 3.06. The van der Waals surface area contributed by atoms with Gasteiger partial charge >= 0.3 is 0 Å². The van der Waals surface area contributed by atoms with Gasteiger partial charge in [-0.05, 0) is 43.3 Å². The van der Waals surface area contributed by atoms with E-state index in [1.54, 1.807) is 13.2 Å². The molecular weight excluding hydrogens is 344 g/mol. The fourth-order valence-corrected chi connectivity index (χ4v) is 3.06. The Morgan fingerprint density at radius 2 is 1.59 bits per heavy atom. The number of nitrogens with zero attached hydrogens (tertiary/aromatic N) is 2. The van der Waals surface area contributed by atoms with Crippen molar-refractivity contribution in [2.24, 2.45) is 0 Å². The molecule has 2 aromatic rings. The van der Waals surface area contributed by atoms with E-state index < -0.39 is 0 Å². The molecule has 3 rings (SSSR count). The van der Waals surface area contributed by atoms with Crippen LogP contribution in [0.3, 0.4) is 0 Å². The molecule has 144 valence electrons. The number of carbonyl (C=O) groups is 1. The van der Waals surface area contributed by atoms with Crippen molar-refractivity contribution < 1.29 is 19.0 Å². The lowest BCUT2D eigenvalue weighted by Crippen LogP contribution is -2.50. The third kappa shape index (κ3) is 5.06. The van der Waals surface area contributed by atoms with E-state index in [1.807, 2.05) is 54.3 Å². The van der Waals surface area contributed by atoms with Crippen LogP contribution < -0.4 is 19.1 Å². The number of hydrogen-bond acceptors (Lipinski definition) is 5. The first-order valence-corrected chi connectivity index (χ1v) is 9.22. The van der Waals surface area contributed by atoms with E-state index in [-0.39, 0.29) is 12.5 Å². The maximum atomic E-state index is 12.4. The van der Waals surface area contributed by atoms with Gasteiger partial charge in [0.25, 0.3) is 5.91 Å². The van der Waals surface area contributed by atoms with Gasteiger partial charge in [0.05, 0.1) is 13.7 Å². The van der Waals surface area contributed by atoms with E-state index in [2.05, 4.69) is 4.90 Å². The van der Waals surface area contributed by atoms with Gasteiger partial charge in [-0.1, -0.05) is 6.07 Å². The maximum Gasteiger partial charge on any atom is 0.260 e. The normalized spacial score (nSPS) is 14.0. The summed E-state index contributed by atoms with van der Waals surface area (Å²) in [5.74, 6) is 2.24. The Bertz CT molecular complexity index is 740. The van der Waals surface area contributed by atoms with Crippen molar-refractivity contribution in [1.29, 1.82) is 0 Å². The van der Waals surface area contributed by atoms with E-state index in [0.717, 1.165) is 30.3 Å². The van der Waals surface area contributed by atoms with Crippen molar-refractivity contribution in [2.45, 2.75) is 6.92 Å². The highest BCUT2D eigenvalue weighted by Gasteiger charge is 2.21. The summed E-state index contributed by atoms with van der Waals surface area (Å²) in [5, 5.41) is 0. The highest BCUT2D eigenvalue weighted by molar-refractivity contribution is 5.78. The Labute approximate surface area is 160 Å². The predicted molar refractivity (Wildman–Crippen MR) is 105 cm³/mol. The van der Waals surface area contributed by atoms with Crippen LogP contribution in [0.25, 0.3) is 0 Å². The summed E-state index contributed by atoms with van der Waals surface area (Å²) >= 11 is 0. The summed E-state index contributed by atoms with van der Waals surface area (Å²) in [6.45, 7) is 5.55. The van der Waals surface area contributed by atoms with Crippen LogP contribution >= 0.6 is 0 Å². The number of benzene rings is 2. The Morgan fingerprint density at radius 1 is 0.926 bits per heavy atom. The van der Waals surface area contributed by atoms with Crippen molar-refractivity contribution >= 4 is 11.6 Å². The zero-order valence-electron chi connectivity index (χ0n) is 15.9. The van der Waals surface area contributed by atoms with Gasteiger partial charge in [0.15, 0.2) is 6.61 Å². The SMILES string of the molecule is CCOc1cccc(OCC(=O)N2CCN(c3ccc(OC)cc3)CC2)c1. The second-order valence-electron chi connectivity index (χ2n) is 6.26. The van der Waals surface area contributed by atoms with Crippen molar-refractivity contribution in [3.63, 3.8) is 0 Å². The topological polar surface area (TPSA) is 51.2 Å².